The van der Waals surface area contributed by atoms with E-state index in [9.17, 15) is 19.3 Å². The van der Waals surface area contributed by atoms with E-state index in [1.165, 1.54) is 19.2 Å². The summed E-state index contributed by atoms with van der Waals surface area (Å²) in [4.78, 5) is 27.8. The van der Waals surface area contributed by atoms with E-state index < -0.39 is 16.7 Å². The van der Waals surface area contributed by atoms with Crippen LogP contribution < -0.4 is 4.90 Å². The number of hydrogen-bond donors (Lipinski definition) is 1. The fraction of sp³-hybridized carbons (Fsp3) is 0.211. The van der Waals surface area contributed by atoms with Crippen LogP contribution in [0.4, 0.5) is 15.8 Å². The van der Waals surface area contributed by atoms with Gasteiger partial charge < -0.3 is 14.6 Å². The van der Waals surface area contributed by atoms with Crippen molar-refractivity contribution >= 4 is 28.2 Å². The van der Waals surface area contributed by atoms with Gasteiger partial charge in [0.25, 0.3) is 5.69 Å². The molecule has 0 unspecified atom stereocenters. The molecule has 7 nitrogen and oxygen atoms in total. The predicted octanol–water partition coefficient (Wildman–Crippen LogP) is 3.56. The zero-order valence-electron chi connectivity index (χ0n) is 14.5. The number of nitro benzene ring substituents is 1. The molecule has 1 aromatic heterocycles. The number of nitro groups is 1. The van der Waals surface area contributed by atoms with Crippen LogP contribution in [0.5, 0.6) is 0 Å². The number of halogens is 1. The number of nitrogens with one attached hydrogen (secondary N) is 1. The molecule has 1 N–H and O–H groups in total. The quantitative estimate of drug-likeness (QED) is 0.433. The number of anilines is 1. The highest BCUT2D eigenvalue weighted by Gasteiger charge is 2.26. The van der Waals surface area contributed by atoms with Gasteiger partial charge in [0.1, 0.15) is 11.5 Å². The van der Waals surface area contributed by atoms with E-state index in [4.69, 9.17) is 4.74 Å². The van der Waals surface area contributed by atoms with E-state index in [2.05, 4.69) is 4.98 Å². The number of ether oxygens (including phenoxy) is 1. The van der Waals surface area contributed by atoms with Crippen molar-refractivity contribution in [3.63, 3.8) is 0 Å². The maximum Gasteiger partial charge on any atom is 0.337 e. The number of aromatic nitrogens is 1. The molecule has 0 fully saturated rings. The molecule has 138 valence electrons. The molecule has 2 heterocycles. The number of nitrogens with zero attached hydrogens (tertiary/aromatic N) is 2. The van der Waals surface area contributed by atoms with Gasteiger partial charge in [0.2, 0.25) is 0 Å². The number of benzene rings is 2. The van der Waals surface area contributed by atoms with Crippen molar-refractivity contribution in [1.82, 2.24) is 4.98 Å². The number of aromatic amines is 1. The molecule has 0 atom stereocenters. The molecule has 0 saturated heterocycles. The number of H-pyrrole nitrogens is 1. The van der Waals surface area contributed by atoms with Crippen molar-refractivity contribution in [2.75, 3.05) is 18.6 Å². The highest BCUT2D eigenvalue weighted by atomic mass is 19.1. The molecular weight excluding hydrogens is 353 g/mol. The number of carbonyl (C=O) groups is 1. The standard InChI is InChI=1S/C19H16FN3O4/c1-27-19(24)11-2-4-15-13(8-11)14-10-22(7-6-16(14)21-15)18-9-12(20)3-5-17(18)23(25)26/h2-5,8-9,21H,6-7,10H2,1H3. The van der Waals surface area contributed by atoms with E-state index in [-0.39, 0.29) is 11.4 Å². The van der Waals surface area contributed by atoms with Crippen molar-refractivity contribution in [2.45, 2.75) is 13.0 Å². The molecule has 4 rings (SSSR count). The number of fused-ring (bicyclic) bond motifs is 3. The third-order valence-corrected chi connectivity index (χ3v) is 4.87. The van der Waals surface area contributed by atoms with Gasteiger partial charge in [-0.05, 0) is 24.3 Å². The average molecular weight is 369 g/mol. The normalized spacial score (nSPS) is 13.5. The summed E-state index contributed by atoms with van der Waals surface area (Å²) in [6.07, 6.45) is 0.630. The molecule has 1 aliphatic heterocycles. The minimum atomic E-state index is -0.520. The Kier molecular flexibility index (Phi) is 4.02. The second-order valence-corrected chi connectivity index (χ2v) is 6.40. The highest BCUT2D eigenvalue weighted by Crippen LogP contribution is 2.35. The molecule has 0 saturated carbocycles. The Morgan fingerprint density at radius 2 is 2.11 bits per heavy atom. The summed E-state index contributed by atoms with van der Waals surface area (Å²) in [5, 5.41) is 12.2. The first-order valence-corrected chi connectivity index (χ1v) is 8.38. The Bertz CT molecular complexity index is 1080. The van der Waals surface area contributed by atoms with Crippen LogP contribution in [0.25, 0.3) is 10.9 Å². The van der Waals surface area contributed by atoms with Crippen LogP contribution in [0, 0.1) is 15.9 Å². The van der Waals surface area contributed by atoms with Crippen molar-refractivity contribution in [1.29, 1.82) is 0 Å². The van der Waals surface area contributed by atoms with Gasteiger partial charge in [-0.15, -0.1) is 0 Å². The fourth-order valence-corrected chi connectivity index (χ4v) is 3.57. The second kappa shape index (κ2) is 6.39. The maximum atomic E-state index is 13.7. The SMILES string of the molecule is COC(=O)c1ccc2[nH]c3c(c2c1)CN(c1cc(F)ccc1[N+](=O)[O-])CC3. The van der Waals surface area contributed by atoms with E-state index >= 15 is 0 Å². The number of rotatable bonds is 3. The summed E-state index contributed by atoms with van der Waals surface area (Å²) in [6, 6.07) is 8.72. The summed E-state index contributed by atoms with van der Waals surface area (Å²) in [5.41, 5.74) is 3.39. The van der Waals surface area contributed by atoms with Gasteiger partial charge in [-0.1, -0.05) is 0 Å². The smallest absolute Gasteiger partial charge is 0.337 e. The molecule has 3 aromatic rings. The summed E-state index contributed by atoms with van der Waals surface area (Å²) in [7, 11) is 1.32. The van der Waals surface area contributed by atoms with Gasteiger partial charge in [-0.2, -0.15) is 0 Å². The van der Waals surface area contributed by atoms with Gasteiger partial charge in [-0.3, -0.25) is 10.1 Å². The molecule has 0 bridgehead atoms. The third-order valence-electron chi connectivity index (χ3n) is 4.87. The first-order valence-electron chi connectivity index (χ1n) is 8.38. The summed E-state index contributed by atoms with van der Waals surface area (Å²) < 4.78 is 18.5. The molecule has 27 heavy (non-hydrogen) atoms. The lowest BCUT2D eigenvalue weighted by molar-refractivity contribution is -0.384. The lowest BCUT2D eigenvalue weighted by Crippen LogP contribution is -2.30. The Labute approximate surface area is 153 Å². The van der Waals surface area contributed by atoms with Crippen LogP contribution in [0.1, 0.15) is 21.6 Å². The lowest BCUT2D eigenvalue weighted by Gasteiger charge is -2.29. The van der Waals surface area contributed by atoms with Gasteiger partial charge in [0.05, 0.1) is 17.6 Å². The summed E-state index contributed by atoms with van der Waals surface area (Å²) >= 11 is 0. The van der Waals surface area contributed by atoms with Crippen molar-refractivity contribution in [3.05, 3.63) is 69.2 Å². The molecule has 0 spiro atoms. The van der Waals surface area contributed by atoms with E-state index in [1.807, 2.05) is 6.07 Å². The number of carbonyl (C=O) groups excluding carboxylic acids is 1. The number of methoxy groups -OCH3 is 1. The zero-order chi connectivity index (χ0) is 19.1. The monoisotopic (exact) mass is 369 g/mol. The molecular formula is C19H16FN3O4. The lowest BCUT2D eigenvalue weighted by atomic mass is 10.0. The van der Waals surface area contributed by atoms with E-state index in [0.29, 0.717) is 25.1 Å². The predicted molar refractivity (Wildman–Crippen MR) is 97.4 cm³/mol. The molecule has 8 heteroatoms. The van der Waals surface area contributed by atoms with Crippen LogP contribution in [0.15, 0.2) is 36.4 Å². The van der Waals surface area contributed by atoms with Gasteiger partial charge >= 0.3 is 5.97 Å². The van der Waals surface area contributed by atoms with Crippen LogP contribution >= 0.6 is 0 Å². The first-order chi connectivity index (χ1) is 13.0. The minimum absolute atomic E-state index is 0.130. The van der Waals surface area contributed by atoms with Gasteiger partial charge in [0.15, 0.2) is 0 Å². The average Bonchev–Trinajstić information content (AvgIpc) is 3.04. The van der Waals surface area contributed by atoms with Crippen molar-refractivity contribution < 1.29 is 18.8 Å². The van der Waals surface area contributed by atoms with Crippen LogP contribution in [-0.4, -0.2) is 29.5 Å². The number of hydrogen-bond acceptors (Lipinski definition) is 5. The Morgan fingerprint density at radius 3 is 2.85 bits per heavy atom. The first kappa shape index (κ1) is 17.0. The molecule has 2 aromatic carbocycles. The fourth-order valence-electron chi connectivity index (χ4n) is 3.57. The third kappa shape index (κ3) is 2.88. The molecule has 0 radical (unpaired) electrons. The molecule has 0 amide bonds. The second-order valence-electron chi connectivity index (χ2n) is 6.40. The Hall–Kier alpha value is -3.42. The zero-order valence-corrected chi connectivity index (χ0v) is 14.5. The largest absolute Gasteiger partial charge is 0.465 e. The highest BCUT2D eigenvalue weighted by molar-refractivity contribution is 5.96. The van der Waals surface area contributed by atoms with Crippen molar-refractivity contribution in [3.8, 4) is 0 Å². The Balaban J connectivity index is 1.78. The van der Waals surface area contributed by atoms with Gasteiger partial charge in [-0.25, -0.2) is 9.18 Å². The van der Waals surface area contributed by atoms with E-state index in [1.54, 1.807) is 17.0 Å². The minimum Gasteiger partial charge on any atom is -0.465 e. The number of esters is 1. The van der Waals surface area contributed by atoms with E-state index in [0.717, 1.165) is 28.2 Å². The van der Waals surface area contributed by atoms with Crippen molar-refractivity contribution in [2.24, 2.45) is 0 Å². The summed E-state index contributed by atoms with van der Waals surface area (Å²) in [5.74, 6) is -0.950. The molecule has 0 aliphatic carbocycles. The molecule has 1 aliphatic rings. The Morgan fingerprint density at radius 1 is 1.30 bits per heavy atom. The summed E-state index contributed by atoms with van der Waals surface area (Å²) in [6.45, 7) is 0.901. The van der Waals surface area contributed by atoms with Crippen LogP contribution in [0.3, 0.4) is 0 Å². The maximum absolute atomic E-state index is 13.7. The van der Waals surface area contributed by atoms with Crippen LogP contribution in [0.2, 0.25) is 0 Å². The van der Waals surface area contributed by atoms with Crippen LogP contribution in [-0.2, 0) is 17.7 Å². The van der Waals surface area contributed by atoms with Gasteiger partial charge in [0, 0.05) is 53.8 Å². The topological polar surface area (TPSA) is 88.5 Å².